The third-order valence-corrected chi connectivity index (χ3v) is 4.90. The molecule has 0 saturated carbocycles. The minimum Gasteiger partial charge on any atom is -0.347 e. The van der Waals surface area contributed by atoms with Gasteiger partial charge in [-0.2, -0.15) is 18.3 Å². The number of nitrogens with one attached hydrogen (secondary N) is 2. The Bertz CT molecular complexity index is 1010. The summed E-state index contributed by atoms with van der Waals surface area (Å²) in [7, 11) is 1.73. The van der Waals surface area contributed by atoms with E-state index < -0.39 is 22.7 Å². The zero-order valence-electron chi connectivity index (χ0n) is 15.4. The van der Waals surface area contributed by atoms with Crippen LogP contribution in [0.1, 0.15) is 32.2 Å². The number of amides is 1. The van der Waals surface area contributed by atoms with Crippen LogP contribution in [0.5, 0.6) is 0 Å². The van der Waals surface area contributed by atoms with Crippen LogP contribution in [0.25, 0.3) is 0 Å². The van der Waals surface area contributed by atoms with Crippen molar-refractivity contribution in [1.82, 2.24) is 20.1 Å². The Morgan fingerprint density at radius 3 is 2.64 bits per heavy atom. The van der Waals surface area contributed by atoms with Crippen LogP contribution in [0, 0.1) is 13.8 Å². The second-order valence-electron chi connectivity index (χ2n) is 6.29. The molecule has 1 aromatic carbocycles. The van der Waals surface area contributed by atoms with Gasteiger partial charge in [-0.3, -0.25) is 9.48 Å². The Hall–Kier alpha value is -2.88. The molecule has 3 aromatic rings. The first-order chi connectivity index (χ1) is 13.1. The number of aromatic nitrogens is 3. The van der Waals surface area contributed by atoms with Crippen molar-refractivity contribution in [3.8, 4) is 0 Å². The van der Waals surface area contributed by atoms with E-state index in [9.17, 15) is 18.0 Å². The summed E-state index contributed by atoms with van der Waals surface area (Å²) in [5.74, 6) is -0.828. The fourth-order valence-electron chi connectivity index (χ4n) is 2.64. The maximum absolute atomic E-state index is 13.4. The predicted molar refractivity (Wildman–Crippen MR) is 101 cm³/mol. The largest absolute Gasteiger partial charge is 0.435 e. The third kappa shape index (κ3) is 4.50. The number of thiazole rings is 1. The standard InChI is InChI=1S/C18H18F3N5OS/c1-10-5-4-6-13(7-10)23-17-24-15(18(19,20)21)14(28-17)16(27)22-8-12-9-26(3)25-11(12)2/h4-7,9H,8H2,1-3H3,(H,22,27)(H,23,24). The van der Waals surface area contributed by atoms with Gasteiger partial charge in [0.05, 0.1) is 5.69 Å². The van der Waals surface area contributed by atoms with Crippen molar-refractivity contribution in [2.24, 2.45) is 7.05 Å². The molecule has 0 radical (unpaired) electrons. The number of hydrogen-bond acceptors (Lipinski definition) is 5. The van der Waals surface area contributed by atoms with E-state index in [1.54, 1.807) is 43.0 Å². The maximum atomic E-state index is 13.4. The quantitative estimate of drug-likeness (QED) is 0.663. The molecule has 0 aliphatic rings. The van der Waals surface area contributed by atoms with Crippen LogP contribution in [-0.2, 0) is 19.8 Å². The molecule has 148 valence electrons. The fraction of sp³-hybridized carbons (Fsp3) is 0.278. The van der Waals surface area contributed by atoms with Crippen molar-refractivity contribution in [1.29, 1.82) is 0 Å². The lowest BCUT2D eigenvalue weighted by Gasteiger charge is -2.06. The van der Waals surface area contributed by atoms with Crippen LogP contribution in [0.2, 0.25) is 0 Å². The van der Waals surface area contributed by atoms with Crippen LogP contribution in [0.15, 0.2) is 30.5 Å². The van der Waals surface area contributed by atoms with Crippen molar-refractivity contribution >= 4 is 28.1 Å². The average molecular weight is 409 g/mol. The highest BCUT2D eigenvalue weighted by Crippen LogP contribution is 2.37. The Labute approximate surface area is 163 Å². The summed E-state index contributed by atoms with van der Waals surface area (Å²) < 4.78 is 41.7. The Morgan fingerprint density at radius 1 is 1.29 bits per heavy atom. The van der Waals surface area contributed by atoms with E-state index in [1.807, 2.05) is 13.0 Å². The zero-order chi connectivity index (χ0) is 20.5. The minimum absolute atomic E-state index is 0.000586. The normalized spacial score (nSPS) is 11.5. The van der Waals surface area contributed by atoms with Crippen molar-refractivity contribution in [3.05, 3.63) is 57.9 Å². The summed E-state index contributed by atoms with van der Waals surface area (Å²) in [6.07, 6.45) is -3.03. The van der Waals surface area contributed by atoms with E-state index in [4.69, 9.17) is 0 Å². The number of rotatable bonds is 5. The summed E-state index contributed by atoms with van der Waals surface area (Å²) in [6.45, 7) is 3.71. The van der Waals surface area contributed by atoms with Gasteiger partial charge >= 0.3 is 6.18 Å². The van der Waals surface area contributed by atoms with Gasteiger partial charge in [-0.25, -0.2) is 4.98 Å². The van der Waals surface area contributed by atoms with E-state index in [1.165, 1.54) is 0 Å². The SMILES string of the molecule is Cc1cccc(Nc2nc(C(F)(F)F)c(C(=O)NCc3cn(C)nc3C)s2)c1. The van der Waals surface area contributed by atoms with E-state index in [0.29, 0.717) is 22.7 Å². The lowest BCUT2D eigenvalue weighted by Crippen LogP contribution is -2.25. The Balaban J connectivity index is 1.83. The van der Waals surface area contributed by atoms with Gasteiger partial charge in [-0.05, 0) is 31.5 Å². The summed E-state index contributed by atoms with van der Waals surface area (Å²) in [5, 5.41) is 9.49. The molecule has 2 heterocycles. The van der Waals surface area contributed by atoms with Crippen LogP contribution < -0.4 is 10.6 Å². The molecule has 10 heteroatoms. The molecule has 0 bridgehead atoms. The smallest absolute Gasteiger partial charge is 0.347 e. The molecule has 6 nitrogen and oxygen atoms in total. The number of anilines is 2. The third-order valence-electron chi connectivity index (χ3n) is 3.93. The first-order valence-corrected chi connectivity index (χ1v) is 9.14. The van der Waals surface area contributed by atoms with Gasteiger partial charge in [0, 0.05) is 31.0 Å². The number of hydrogen-bond donors (Lipinski definition) is 2. The predicted octanol–water partition coefficient (Wildman–Crippen LogP) is 4.19. The first-order valence-electron chi connectivity index (χ1n) is 8.32. The lowest BCUT2D eigenvalue weighted by molar-refractivity contribution is -0.141. The van der Waals surface area contributed by atoms with Crippen LogP contribution in [-0.4, -0.2) is 20.7 Å². The first kappa shape index (κ1) is 19.9. The summed E-state index contributed by atoms with van der Waals surface area (Å²) in [6, 6.07) is 7.14. The van der Waals surface area contributed by atoms with Crippen molar-refractivity contribution in [3.63, 3.8) is 0 Å². The van der Waals surface area contributed by atoms with E-state index in [2.05, 4.69) is 20.7 Å². The molecule has 3 rings (SSSR count). The van der Waals surface area contributed by atoms with Crippen LogP contribution >= 0.6 is 11.3 Å². The van der Waals surface area contributed by atoms with Gasteiger partial charge in [-0.15, -0.1) is 0 Å². The fourth-order valence-corrected chi connectivity index (χ4v) is 3.57. The molecule has 0 saturated heterocycles. The molecule has 0 spiro atoms. The lowest BCUT2D eigenvalue weighted by atomic mass is 10.2. The Morgan fingerprint density at radius 2 is 2.04 bits per heavy atom. The van der Waals surface area contributed by atoms with Gasteiger partial charge < -0.3 is 10.6 Å². The van der Waals surface area contributed by atoms with Gasteiger partial charge in [0.25, 0.3) is 5.91 Å². The summed E-state index contributed by atoms with van der Waals surface area (Å²) >= 11 is 0.665. The monoisotopic (exact) mass is 409 g/mol. The highest BCUT2D eigenvalue weighted by molar-refractivity contribution is 7.17. The second kappa shape index (κ2) is 7.63. The number of benzene rings is 1. The molecule has 1 amide bonds. The number of carbonyl (C=O) groups excluding carboxylic acids is 1. The highest BCUT2D eigenvalue weighted by Gasteiger charge is 2.39. The van der Waals surface area contributed by atoms with Gasteiger partial charge in [0.15, 0.2) is 10.8 Å². The summed E-state index contributed by atoms with van der Waals surface area (Å²) in [4.78, 5) is 15.6. The molecule has 0 aliphatic heterocycles. The molecule has 2 N–H and O–H groups in total. The molecule has 0 aliphatic carbocycles. The van der Waals surface area contributed by atoms with Crippen molar-refractivity contribution in [2.45, 2.75) is 26.6 Å². The van der Waals surface area contributed by atoms with Crippen LogP contribution in [0.4, 0.5) is 24.0 Å². The molecule has 0 fully saturated rings. The minimum atomic E-state index is -4.74. The zero-order valence-corrected chi connectivity index (χ0v) is 16.2. The number of halogens is 3. The molecule has 0 unspecified atom stereocenters. The van der Waals surface area contributed by atoms with E-state index in [-0.39, 0.29) is 11.7 Å². The molecular formula is C18H18F3N5OS. The second-order valence-corrected chi connectivity index (χ2v) is 7.28. The van der Waals surface area contributed by atoms with E-state index in [0.717, 1.165) is 11.1 Å². The molecular weight excluding hydrogens is 391 g/mol. The van der Waals surface area contributed by atoms with Gasteiger partial charge in [-0.1, -0.05) is 23.5 Å². The summed E-state index contributed by atoms with van der Waals surface area (Å²) in [5.41, 5.74) is 1.77. The number of carbonyl (C=O) groups is 1. The van der Waals surface area contributed by atoms with Crippen LogP contribution in [0.3, 0.4) is 0 Å². The molecule has 28 heavy (non-hydrogen) atoms. The number of alkyl halides is 3. The topological polar surface area (TPSA) is 71.8 Å². The van der Waals surface area contributed by atoms with Gasteiger partial charge in [0.2, 0.25) is 0 Å². The van der Waals surface area contributed by atoms with Gasteiger partial charge in [0.1, 0.15) is 4.88 Å². The average Bonchev–Trinajstić information content (AvgIpc) is 3.15. The van der Waals surface area contributed by atoms with E-state index >= 15 is 0 Å². The number of aryl methyl sites for hydroxylation is 3. The molecule has 0 atom stereocenters. The van der Waals surface area contributed by atoms with Crippen molar-refractivity contribution in [2.75, 3.05) is 5.32 Å². The number of nitrogens with zero attached hydrogens (tertiary/aromatic N) is 3. The maximum Gasteiger partial charge on any atom is 0.435 e. The highest BCUT2D eigenvalue weighted by atomic mass is 32.1. The Kier molecular flexibility index (Phi) is 5.41. The molecule has 2 aromatic heterocycles. The van der Waals surface area contributed by atoms with Crippen molar-refractivity contribution < 1.29 is 18.0 Å².